The first-order valence-corrected chi connectivity index (χ1v) is 8.95. The molecule has 114 valence electrons. The molecule has 1 saturated heterocycles. The fourth-order valence-corrected chi connectivity index (χ4v) is 4.44. The van der Waals surface area contributed by atoms with E-state index in [1.807, 2.05) is 6.08 Å². The zero-order valence-electron chi connectivity index (χ0n) is 11.8. The average Bonchev–Trinajstić information content (AvgIpc) is 2.89. The van der Waals surface area contributed by atoms with Crippen molar-refractivity contribution >= 4 is 15.7 Å². The Morgan fingerprint density at radius 1 is 1.33 bits per heavy atom. The smallest absolute Gasteiger partial charge is 0.226 e. The van der Waals surface area contributed by atoms with Crippen LogP contribution in [0.15, 0.2) is 35.0 Å². The van der Waals surface area contributed by atoms with Crippen molar-refractivity contribution < 1.29 is 17.6 Å². The first-order valence-electron chi connectivity index (χ1n) is 7.24. The van der Waals surface area contributed by atoms with Crippen LogP contribution in [0.25, 0.3) is 0 Å². The largest absolute Gasteiger partial charge is 0.468 e. The highest BCUT2D eigenvalue weighted by atomic mass is 32.2. The first kappa shape index (κ1) is 14.4. The molecule has 1 aliphatic heterocycles. The highest BCUT2D eigenvalue weighted by molar-refractivity contribution is 7.91. The molecule has 3 rings (SSSR count). The van der Waals surface area contributed by atoms with Crippen LogP contribution in [-0.4, -0.2) is 37.6 Å². The van der Waals surface area contributed by atoms with Gasteiger partial charge in [-0.15, -0.1) is 0 Å². The van der Waals surface area contributed by atoms with E-state index in [1.165, 1.54) is 6.26 Å². The summed E-state index contributed by atoms with van der Waals surface area (Å²) < 4.78 is 29.5. The molecule has 1 fully saturated rings. The van der Waals surface area contributed by atoms with Gasteiger partial charge in [0.1, 0.15) is 11.5 Å². The maximum Gasteiger partial charge on any atom is 0.226 e. The maximum absolute atomic E-state index is 12.2. The molecule has 1 aromatic heterocycles. The molecule has 0 saturated carbocycles. The number of amides is 1. The number of rotatable bonds is 4. The lowest BCUT2D eigenvalue weighted by Crippen LogP contribution is -2.58. The summed E-state index contributed by atoms with van der Waals surface area (Å²) in [7, 11) is -3.25. The van der Waals surface area contributed by atoms with Crippen LogP contribution in [0.5, 0.6) is 0 Å². The van der Waals surface area contributed by atoms with E-state index < -0.39 is 15.1 Å². The number of sulfone groups is 1. The second-order valence-corrected chi connectivity index (χ2v) is 8.01. The topological polar surface area (TPSA) is 67.6 Å². The Kier molecular flexibility index (Phi) is 3.89. The molecule has 0 bridgehead atoms. The number of hydrogen-bond acceptors (Lipinski definition) is 4. The van der Waals surface area contributed by atoms with Gasteiger partial charge in [-0.2, -0.15) is 0 Å². The number of furan rings is 1. The third-order valence-electron chi connectivity index (χ3n) is 4.21. The third kappa shape index (κ3) is 3.05. The van der Waals surface area contributed by atoms with Crippen molar-refractivity contribution in [3.8, 4) is 0 Å². The SMILES string of the molecule is O=C([C@@H]1CC=CCC1)N1CC(S(=O)(=O)Cc2ccco2)C1. The highest BCUT2D eigenvalue weighted by Gasteiger charge is 2.41. The third-order valence-corrected chi connectivity index (χ3v) is 6.21. The van der Waals surface area contributed by atoms with E-state index in [-0.39, 0.29) is 17.6 Å². The quantitative estimate of drug-likeness (QED) is 0.795. The van der Waals surface area contributed by atoms with E-state index in [0.717, 1.165) is 19.3 Å². The molecule has 0 unspecified atom stereocenters. The van der Waals surface area contributed by atoms with Crippen LogP contribution in [0.3, 0.4) is 0 Å². The predicted octanol–water partition coefficient (Wildman–Crippen LogP) is 1.76. The molecule has 1 atom stereocenters. The van der Waals surface area contributed by atoms with Crippen molar-refractivity contribution in [2.75, 3.05) is 13.1 Å². The molecule has 2 aliphatic rings. The molecule has 0 radical (unpaired) electrons. The Hall–Kier alpha value is -1.56. The molecule has 21 heavy (non-hydrogen) atoms. The van der Waals surface area contributed by atoms with Crippen LogP contribution in [0, 0.1) is 5.92 Å². The van der Waals surface area contributed by atoms with Gasteiger partial charge in [0.25, 0.3) is 0 Å². The van der Waals surface area contributed by atoms with Crippen molar-refractivity contribution in [1.82, 2.24) is 4.90 Å². The standard InChI is InChI=1S/C15H19NO4S/c17-15(12-5-2-1-3-6-12)16-9-14(10-16)21(18,19)11-13-7-4-8-20-13/h1-2,4,7-8,12,14H,3,5-6,9-11H2/t12-/m1/s1. The lowest BCUT2D eigenvalue weighted by atomic mass is 9.92. The van der Waals surface area contributed by atoms with Crippen LogP contribution >= 0.6 is 0 Å². The molecule has 6 heteroatoms. The molecular weight excluding hydrogens is 290 g/mol. The zero-order chi connectivity index (χ0) is 14.9. The van der Waals surface area contributed by atoms with Gasteiger partial charge >= 0.3 is 0 Å². The van der Waals surface area contributed by atoms with Crippen molar-refractivity contribution in [2.45, 2.75) is 30.3 Å². The minimum absolute atomic E-state index is 0.0312. The van der Waals surface area contributed by atoms with Gasteiger partial charge in [0.15, 0.2) is 9.84 Å². The lowest BCUT2D eigenvalue weighted by molar-refractivity contribution is -0.139. The van der Waals surface area contributed by atoms with E-state index >= 15 is 0 Å². The second kappa shape index (κ2) is 5.67. The second-order valence-electron chi connectivity index (χ2n) is 5.73. The number of nitrogens with zero attached hydrogens (tertiary/aromatic N) is 1. The summed E-state index contributed by atoms with van der Waals surface area (Å²) in [6.07, 6.45) is 8.19. The van der Waals surface area contributed by atoms with Gasteiger partial charge in [-0.3, -0.25) is 4.79 Å². The average molecular weight is 309 g/mol. The van der Waals surface area contributed by atoms with Gasteiger partial charge in [0.2, 0.25) is 5.91 Å². The monoisotopic (exact) mass is 309 g/mol. The van der Waals surface area contributed by atoms with Gasteiger partial charge in [-0.05, 0) is 31.4 Å². The van der Waals surface area contributed by atoms with Gasteiger partial charge in [0, 0.05) is 19.0 Å². The summed E-state index contributed by atoms with van der Waals surface area (Å²) >= 11 is 0. The summed E-state index contributed by atoms with van der Waals surface area (Å²) in [5.74, 6) is 0.503. The lowest BCUT2D eigenvalue weighted by Gasteiger charge is -2.40. The van der Waals surface area contributed by atoms with Gasteiger partial charge in [-0.1, -0.05) is 12.2 Å². The molecule has 2 heterocycles. The van der Waals surface area contributed by atoms with E-state index in [0.29, 0.717) is 18.8 Å². The number of carbonyl (C=O) groups excluding carboxylic acids is 1. The van der Waals surface area contributed by atoms with E-state index in [4.69, 9.17) is 4.42 Å². The van der Waals surface area contributed by atoms with Gasteiger partial charge in [0.05, 0.1) is 11.5 Å². The van der Waals surface area contributed by atoms with Crippen LogP contribution in [0.2, 0.25) is 0 Å². The van der Waals surface area contributed by atoms with Crippen LogP contribution in [0.1, 0.15) is 25.0 Å². The zero-order valence-corrected chi connectivity index (χ0v) is 12.6. The predicted molar refractivity (Wildman–Crippen MR) is 78.2 cm³/mol. The van der Waals surface area contributed by atoms with E-state index in [2.05, 4.69) is 6.08 Å². The summed E-state index contributed by atoms with van der Waals surface area (Å²) in [6, 6.07) is 3.34. The fraction of sp³-hybridized carbons (Fsp3) is 0.533. The molecule has 5 nitrogen and oxygen atoms in total. The molecule has 0 spiro atoms. The molecule has 1 aliphatic carbocycles. The molecule has 0 N–H and O–H groups in total. The number of allylic oxidation sites excluding steroid dienone is 2. The Bertz CT molecular complexity index is 627. The fourth-order valence-electron chi connectivity index (χ4n) is 2.83. The van der Waals surface area contributed by atoms with Crippen molar-refractivity contribution in [1.29, 1.82) is 0 Å². The summed E-state index contributed by atoms with van der Waals surface area (Å²) in [5.41, 5.74) is 0. The number of hydrogen-bond donors (Lipinski definition) is 0. The highest BCUT2D eigenvalue weighted by Crippen LogP contribution is 2.26. The van der Waals surface area contributed by atoms with Gasteiger partial charge in [-0.25, -0.2) is 8.42 Å². The minimum atomic E-state index is -3.25. The van der Waals surface area contributed by atoms with Crippen molar-refractivity contribution in [3.63, 3.8) is 0 Å². The van der Waals surface area contributed by atoms with Crippen LogP contribution in [0.4, 0.5) is 0 Å². The summed E-state index contributed by atoms with van der Waals surface area (Å²) in [5, 5.41) is -0.453. The Labute approximate surface area is 124 Å². The normalized spacial score (nSPS) is 23.0. The molecular formula is C15H19NO4S. The first-order chi connectivity index (χ1) is 10.1. The Morgan fingerprint density at radius 2 is 2.14 bits per heavy atom. The van der Waals surface area contributed by atoms with E-state index in [1.54, 1.807) is 17.0 Å². The molecule has 1 aromatic rings. The number of likely N-dealkylation sites (tertiary alicyclic amines) is 1. The molecule has 0 aromatic carbocycles. The minimum Gasteiger partial charge on any atom is -0.468 e. The van der Waals surface area contributed by atoms with E-state index in [9.17, 15) is 13.2 Å². The summed E-state index contributed by atoms with van der Waals surface area (Å²) in [4.78, 5) is 13.9. The van der Waals surface area contributed by atoms with Crippen LogP contribution < -0.4 is 0 Å². The van der Waals surface area contributed by atoms with Crippen molar-refractivity contribution in [2.24, 2.45) is 5.92 Å². The Morgan fingerprint density at radius 3 is 2.76 bits per heavy atom. The van der Waals surface area contributed by atoms with Gasteiger partial charge < -0.3 is 9.32 Å². The summed E-state index contributed by atoms with van der Waals surface area (Å²) in [6.45, 7) is 0.643. The van der Waals surface area contributed by atoms with Crippen LogP contribution in [-0.2, 0) is 20.4 Å². The number of carbonyl (C=O) groups is 1. The molecule has 1 amide bonds. The maximum atomic E-state index is 12.2. The Balaban J connectivity index is 1.55. The van der Waals surface area contributed by atoms with Crippen molar-refractivity contribution in [3.05, 3.63) is 36.3 Å².